The molecule has 0 N–H and O–H groups in total. The summed E-state index contributed by atoms with van der Waals surface area (Å²) < 4.78 is 5.26. The van der Waals surface area contributed by atoms with Gasteiger partial charge in [0, 0.05) is 5.25 Å². The maximum absolute atomic E-state index is 5.26. The number of hydrogen-bond acceptors (Lipinski definition) is 4. The van der Waals surface area contributed by atoms with E-state index in [0.717, 1.165) is 15.7 Å². The van der Waals surface area contributed by atoms with E-state index in [9.17, 15) is 0 Å². The Morgan fingerprint density at radius 2 is 2.13 bits per heavy atom. The molecule has 0 atom stereocenters. The first-order chi connectivity index (χ1) is 7.43. The lowest BCUT2D eigenvalue weighted by Crippen LogP contribution is -1.95. The Balaban J connectivity index is 1.92. The Labute approximate surface area is 92.3 Å². The second-order valence-corrected chi connectivity index (χ2v) is 5.13. The van der Waals surface area contributed by atoms with Gasteiger partial charge in [-0.3, -0.25) is 0 Å². The summed E-state index contributed by atoms with van der Waals surface area (Å²) in [6, 6.07) is 1.95. The van der Waals surface area contributed by atoms with E-state index in [1.54, 1.807) is 12.6 Å². The van der Waals surface area contributed by atoms with Crippen molar-refractivity contribution < 1.29 is 4.42 Å². The Bertz CT molecular complexity index is 462. The van der Waals surface area contributed by atoms with Crippen LogP contribution in [-0.2, 0) is 0 Å². The zero-order valence-electron chi connectivity index (χ0n) is 8.35. The van der Waals surface area contributed by atoms with E-state index in [4.69, 9.17) is 4.42 Å². The zero-order chi connectivity index (χ0) is 10.1. The van der Waals surface area contributed by atoms with Crippen molar-refractivity contribution in [1.82, 2.24) is 9.97 Å². The highest BCUT2D eigenvalue weighted by atomic mass is 32.2. The van der Waals surface area contributed by atoms with Gasteiger partial charge in [-0.1, -0.05) is 12.8 Å². The highest BCUT2D eigenvalue weighted by molar-refractivity contribution is 8.00. The summed E-state index contributed by atoms with van der Waals surface area (Å²) in [6.45, 7) is 0. The zero-order valence-corrected chi connectivity index (χ0v) is 9.17. The molecule has 3 nitrogen and oxygen atoms in total. The standard InChI is InChI=1S/C11H12N2OS/c1-2-4-8(3-1)15-11-9-5-6-14-10(9)12-7-13-11/h5-8H,1-4H2. The van der Waals surface area contributed by atoms with Gasteiger partial charge in [-0.15, -0.1) is 11.8 Å². The third-order valence-corrected chi connectivity index (χ3v) is 4.16. The van der Waals surface area contributed by atoms with Crippen LogP contribution in [0.4, 0.5) is 0 Å². The van der Waals surface area contributed by atoms with Crippen molar-refractivity contribution in [1.29, 1.82) is 0 Å². The quantitative estimate of drug-likeness (QED) is 0.728. The van der Waals surface area contributed by atoms with Gasteiger partial charge in [0.25, 0.3) is 0 Å². The van der Waals surface area contributed by atoms with E-state index < -0.39 is 0 Å². The highest BCUT2D eigenvalue weighted by Crippen LogP contribution is 2.36. The number of furan rings is 1. The van der Waals surface area contributed by atoms with E-state index >= 15 is 0 Å². The maximum atomic E-state index is 5.26. The van der Waals surface area contributed by atoms with Gasteiger partial charge in [0.15, 0.2) is 0 Å². The van der Waals surface area contributed by atoms with Gasteiger partial charge >= 0.3 is 0 Å². The summed E-state index contributed by atoms with van der Waals surface area (Å²) in [5.74, 6) is 0. The van der Waals surface area contributed by atoms with Crippen LogP contribution in [-0.4, -0.2) is 15.2 Å². The Hall–Kier alpha value is -1.03. The first-order valence-corrected chi connectivity index (χ1v) is 6.16. The van der Waals surface area contributed by atoms with Crippen molar-refractivity contribution in [2.24, 2.45) is 0 Å². The van der Waals surface area contributed by atoms with Gasteiger partial charge in [0.1, 0.15) is 11.4 Å². The number of thioether (sulfide) groups is 1. The largest absolute Gasteiger partial charge is 0.446 e. The Morgan fingerprint density at radius 3 is 3.00 bits per heavy atom. The fourth-order valence-electron chi connectivity index (χ4n) is 2.03. The third kappa shape index (κ3) is 1.74. The van der Waals surface area contributed by atoms with Crippen LogP contribution in [0.5, 0.6) is 0 Å². The van der Waals surface area contributed by atoms with Gasteiger partial charge in [0.05, 0.1) is 11.6 Å². The molecule has 4 heteroatoms. The molecule has 0 unspecified atom stereocenters. The molecule has 78 valence electrons. The fraction of sp³-hybridized carbons (Fsp3) is 0.455. The number of hydrogen-bond donors (Lipinski definition) is 0. The van der Waals surface area contributed by atoms with Crippen LogP contribution in [0, 0.1) is 0 Å². The van der Waals surface area contributed by atoms with Crippen molar-refractivity contribution in [3.8, 4) is 0 Å². The molecular formula is C11H12N2OS. The van der Waals surface area contributed by atoms with Crippen LogP contribution in [0.15, 0.2) is 28.1 Å². The number of aromatic nitrogens is 2. The summed E-state index contributed by atoms with van der Waals surface area (Å²) in [5, 5.41) is 2.85. The molecule has 0 radical (unpaired) electrons. The molecule has 1 saturated carbocycles. The molecule has 0 bridgehead atoms. The van der Waals surface area contributed by atoms with Crippen LogP contribution >= 0.6 is 11.8 Å². The van der Waals surface area contributed by atoms with Crippen molar-refractivity contribution in [2.75, 3.05) is 0 Å². The van der Waals surface area contributed by atoms with E-state index in [2.05, 4.69) is 9.97 Å². The van der Waals surface area contributed by atoms with E-state index in [0.29, 0.717) is 5.71 Å². The maximum Gasteiger partial charge on any atom is 0.230 e. The molecule has 15 heavy (non-hydrogen) atoms. The number of rotatable bonds is 2. The first-order valence-electron chi connectivity index (χ1n) is 5.28. The van der Waals surface area contributed by atoms with Crippen LogP contribution in [0.25, 0.3) is 11.1 Å². The minimum absolute atomic E-state index is 0.700. The second-order valence-electron chi connectivity index (χ2n) is 3.84. The summed E-state index contributed by atoms with van der Waals surface area (Å²) >= 11 is 1.87. The number of nitrogens with zero attached hydrogens (tertiary/aromatic N) is 2. The van der Waals surface area contributed by atoms with Gasteiger partial charge in [-0.2, -0.15) is 0 Å². The minimum atomic E-state index is 0.700. The molecule has 1 aliphatic carbocycles. The molecule has 0 aliphatic heterocycles. The van der Waals surface area contributed by atoms with Crippen molar-refractivity contribution in [2.45, 2.75) is 36.0 Å². The van der Waals surface area contributed by atoms with Gasteiger partial charge in [-0.25, -0.2) is 9.97 Å². The Kier molecular flexibility index (Phi) is 2.37. The molecule has 0 spiro atoms. The van der Waals surface area contributed by atoms with E-state index in [1.165, 1.54) is 25.7 Å². The molecule has 2 aromatic rings. The minimum Gasteiger partial charge on any atom is -0.446 e. The topological polar surface area (TPSA) is 38.9 Å². The summed E-state index contributed by atoms with van der Waals surface area (Å²) in [5.41, 5.74) is 0.700. The Morgan fingerprint density at radius 1 is 1.27 bits per heavy atom. The molecule has 1 aliphatic rings. The smallest absolute Gasteiger partial charge is 0.230 e. The van der Waals surface area contributed by atoms with Crippen LogP contribution in [0.1, 0.15) is 25.7 Å². The van der Waals surface area contributed by atoms with Crippen molar-refractivity contribution >= 4 is 22.9 Å². The molecule has 3 rings (SSSR count). The SMILES string of the molecule is c1nc(SC2CCCC2)c2ccoc2n1. The lowest BCUT2D eigenvalue weighted by Gasteiger charge is -2.07. The monoisotopic (exact) mass is 220 g/mol. The molecule has 0 amide bonds. The summed E-state index contributed by atoms with van der Waals surface area (Å²) in [7, 11) is 0. The molecule has 2 aromatic heterocycles. The van der Waals surface area contributed by atoms with Gasteiger partial charge in [0.2, 0.25) is 5.71 Å². The predicted octanol–water partition coefficient (Wildman–Crippen LogP) is 3.26. The van der Waals surface area contributed by atoms with Gasteiger partial charge in [-0.05, 0) is 18.9 Å². The normalized spacial score (nSPS) is 17.6. The average molecular weight is 220 g/mol. The molecule has 0 saturated heterocycles. The summed E-state index contributed by atoms with van der Waals surface area (Å²) in [6.07, 6.45) is 8.61. The fourth-order valence-corrected chi connectivity index (χ4v) is 3.30. The van der Waals surface area contributed by atoms with Crippen LogP contribution in [0.3, 0.4) is 0 Å². The molecule has 2 heterocycles. The van der Waals surface area contributed by atoms with Crippen molar-refractivity contribution in [3.05, 3.63) is 18.7 Å². The van der Waals surface area contributed by atoms with E-state index in [1.807, 2.05) is 17.8 Å². The second kappa shape index (κ2) is 3.85. The van der Waals surface area contributed by atoms with Crippen LogP contribution < -0.4 is 0 Å². The molecular weight excluding hydrogens is 208 g/mol. The summed E-state index contributed by atoms with van der Waals surface area (Å²) in [4.78, 5) is 8.42. The van der Waals surface area contributed by atoms with E-state index in [-0.39, 0.29) is 0 Å². The average Bonchev–Trinajstić information content (AvgIpc) is 2.87. The molecule has 1 fully saturated rings. The van der Waals surface area contributed by atoms with Crippen LogP contribution in [0.2, 0.25) is 0 Å². The first kappa shape index (κ1) is 9.21. The number of fused-ring (bicyclic) bond motifs is 1. The lowest BCUT2D eigenvalue weighted by molar-refractivity contribution is 0.601. The van der Waals surface area contributed by atoms with Crippen molar-refractivity contribution in [3.63, 3.8) is 0 Å². The van der Waals surface area contributed by atoms with Gasteiger partial charge < -0.3 is 4.42 Å². The highest BCUT2D eigenvalue weighted by Gasteiger charge is 2.18. The molecule has 0 aromatic carbocycles. The predicted molar refractivity (Wildman–Crippen MR) is 59.9 cm³/mol. The third-order valence-electron chi connectivity index (χ3n) is 2.81. The lowest BCUT2D eigenvalue weighted by atomic mass is 10.4.